The van der Waals surface area contributed by atoms with Gasteiger partial charge in [-0.3, -0.25) is 9.59 Å². The summed E-state index contributed by atoms with van der Waals surface area (Å²) in [4.78, 5) is 27.5. The summed E-state index contributed by atoms with van der Waals surface area (Å²) in [5.74, 6) is 1.74. The molecular weight excluding hydrogens is 338 g/mol. The minimum Gasteiger partial charge on any atom is -0.458 e. The van der Waals surface area contributed by atoms with Gasteiger partial charge in [-0.2, -0.15) is 0 Å². The predicted molar refractivity (Wildman–Crippen MR) is 97.2 cm³/mol. The number of carbonyl (C=O) groups is 2. The summed E-state index contributed by atoms with van der Waals surface area (Å²) >= 11 is 1.39. The van der Waals surface area contributed by atoms with Gasteiger partial charge in [-0.05, 0) is 30.9 Å². The van der Waals surface area contributed by atoms with E-state index in [0.717, 1.165) is 12.8 Å². The molecule has 0 saturated heterocycles. The molecule has 0 aromatic carbocycles. The lowest BCUT2D eigenvalue weighted by Crippen LogP contribution is -2.18. The molecule has 3 rings (SSSR count). The molecule has 0 unspecified atom stereocenters. The number of hydrogen-bond donors (Lipinski definition) is 2. The van der Waals surface area contributed by atoms with Crippen LogP contribution in [0.5, 0.6) is 0 Å². The fraction of sp³-hybridized carbons (Fsp3) is 0.500. The first-order valence-corrected chi connectivity index (χ1v) is 9.57. The summed E-state index contributed by atoms with van der Waals surface area (Å²) in [7, 11) is 0. The molecule has 2 heterocycles. The molecule has 7 heteroatoms. The largest absolute Gasteiger partial charge is 0.458 e. The topological polar surface area (TPSA) is 84.2 Å². The molecule has 0 bridgehead atoms. The molecule has 2 aromatic rings. The van der Waals surface area contributed by atoms with Crippen molar-refractivity contribution in [3.05, 3.63) is 23.3 Å². The molecule has 25 heavy (non-hydrogen) atoms. The molecule has 2 N–H and O–H groups in total. The average molecular weight is 361 g/mol. The van der Waals surface area contributed by atoms with Gasteiger partial charge in [0.25, 0.3) is 0 Å². The van der Waals surface area contributed by atoms with Crippen LogP contribution in [0, 0.1) is 5.92 Å². The molecule has 1 aliphatic carbocycles. The molecule has 2 aromatic heterocycles. The third kappa shape index (κ3) is 5.16. The minimum absolute atomic E-state index is 0.0404. The van der Waals surface area contributed by atoms with E-state index >= 15 is 0 Å². The van der Waals surface area contributed by atoms with Gasteiger partial charge in [0.05, 0.1) is 6.54 Å². The van der Waals surface area contributed by atoms with E-state index < -0.39 is 0 Å². The second kappa shape index (κ2) is 8.29. The fourth-order valence-corrected chi connectivity index (χ4v) is 3.81. The molecule has 0 atom stereocenters. The summed E-state index contributed by atoms with van der Waals surface area (Å²) in [5.41, 5.74) is 0.687. The van der Waals surface area contributed by atoms with Gasteiger partial charge in [-0.15, -0.1) is 11.3 Å². The Hall–Kier alpha value is -2.15. The number of carbonyl (C=O) groups excluding carboxylic acids is 2. The molecular formula is C18H23N3O3S. The molecule has 0 radical (unpaired) electrons. The molecule has 6 nitrogen and oxygen atoms in total. The minimum atomic E-state index is -0.102. The van der Waals surface area contributed by atoms with E-state index in [1.165, 1.54) is 37.5 Å². The van der Waals surface area contributed by atoms with E-state index in [0.29, 0.717) is 41.2 Å². The number of aromatic nitrogens is 1. The van der Waals surface area contributed by atoms with Crippen LogP contribution >= 0.6 is 11.3 Å². The number of nitrogens with one attached hydrogen (secondary N) is 2. The molecule has 1 fully saturated rings. The molecule has 0 aliphatic heterocycles. The van der Waals surface area contributed by atoms with Crippen molar-refractivity contribution in [1.29, 1.82) is 0 Å². The lowest BCUT2D eigenvalue weighted by molar-refractivity contribution is -0.119. The summed E-state index contributed by atoms with van der Waals surface area (Å²) in [6.07, 6.45) is 6.65. The number of anilines is 1. The summed E-state index contributed by atoms with van der Waals surface area (Å²) in [6.45, 7) is 1.82. The van der Waals surface area contributed by atoms with Crippen LogP contribution in [0.2, 0.25) is 0 Å². The van der Waals surface area contributed by atoms with E-state index in [1.807, 2.05) is 17.5 Å². The SMILES string of the molecule is CC(=O)NCc1ccc(-c2csc(NC(=O)CC3CCCCC3)n2)o1. The van der Waals surface area contributed by atoms with Gasteiger partial charge in [-0.1, -0.05) is 19.3 Å². The predicted octanol–water partition coefficient (Wildman–Crippen LogP) is 3.95. The lowest BCUT2D eigenvalue weighted by atomic mass is 9.87. The van der Waals surface area contributed by atoms with Gasteiger partial charge in [0.15, 0.2) is 10.9 Å². The van der Waals surface area contributed by atoms with Crippen LogP contribution in [0.25, 0.3) is 11.5 Å². The average Bonchev–Trinajstić information content (AvgIpc) is 3.23. The number of nitrogens with zero attached hydrogens (tertiary/aromatic N) is 1. The summed E-state index contributed by atoms with van der Waals surface area (Å²) in [6, 6.07) is 3.63. The van der Waals surface area contributed by atoms with Gasteiger partial charge in [0.1, 0.15) is 11.5 Å². The third-order valence-electron chi connectivity index (χ3n) is 4.38. The molecule has 1 saturated carbocycles. The number of rotatable bonds is 6. The Balaban J connectivity index is 1.54. The Morgan fingerprint density at radius 1 is 1.28 bits per heavy atom. The maximum absolute atomic E-state index is 12.2. The third-order valence-corrected chi connectivity index (χ3v) is 5.13. The smallest absolute Gasteiger partial charge is 0.226 e. The van der Waals surface area contributed by atoms with Crippen LogP contribution < -0.4 is 10.6 Å². The molecule has 134 valence electrons. The Kier molecular flexibility index (Phi) is 5.86. The first-order valence-electron chi connectivity index (χ1n) is 8.69. The second-order valence-corrected chi connectivity index (χ2v) is 7.33. The standard InChI is InChI=1S/C18H23N3O3S/c1-12(22)19-10-14-7-8-16(24-14)15-11-25-18(20-15)21-17(23)9-13-5-3-2-4-6-13/h7-8,11,13H,2-6,9-10H2,1H3,(H,19,22)(H,20,21,23). The molecule has 2 amide bonds. The van der Waals surface area contributed by atoms with E-state index in [1.54, 1.807) is 0 Å². The number of amides is 2. The maximum atomic E-state index is 12.2. The Morgan fingerprint density at radius 2 is 2.08 bits per heavy atom. The number of hydrogen-bond acceptors (Lipinski definition) is 5. The van der Waals surface area contributed by atoms with E-state index in [4.69, 9.17) is 4.42 Å². The highest BCUT2D eigenvalue weighted by molar-refractivity contribution is 7.14. The van der Waals surface area contributed by atoms with Gasteiger partial charge in [0, 0.05) is 18.7 Å². The Labute approximate surface area is 151 Å². The van der Waals surface area contributed by atoms with Crippen molar-refractivity contribution in [2.45, 2.75) is 52.0 Å². The zero-order valence-corrected chi connectivity index (χ0v) is 15.2. The lowest BCUT2D eigenvalue weighted by Gasteiger charge is -2.20. The molecule has 1 aliphatic rings. The zero-order valence-electron chi connectivity index (χ0n) is 14.3. The van der Waals surface area contributed by atoms with Gasteiger partial charge < -0.3 is 15.1 Å². The van der Waals surface area contributed by atoms with Crippen molar-refractivity contribution >= 4 is 28.3 Å². The van der Waals surface area contributed by atoms with Crippen molar-refractivity contribution in [1.82, 2.24) is 10.3 Å². The number of furan rings is 1. The summed E-state index contributed by atoms with van der Waals surface area (Å²) < 4.78 is 5.68. The van der Waals surface area contributed by atoms with Crippen LogP contribution in [0.15, 0.2) is 21.9 Å². The van der Waals surface area contributed by atoms with Gasteiger partial charge >= 0.3 is 0 Å². The fourth-order valence-electron chi connectivity index (χ4n) is 3.09. The summed E-state index contributed by atoms with van der Waals surface area (Å²) in [5, 5.41) is 8.04. The van der Waals surface area contributed by atoms with Crippen molar-refractivity contribution in [3.63, 3.8) is 0 Å². The van der Waals surface area contributed by atoms with Crippen LogP contribution in [-0.4, -0.2) is 16.8 Å². The highest BCUT2D eigenvalue weighted by Crippen LogP contribution is 2.29. The second-order valence-electron chi connectivity index (χ2n) is 6.47. The van der Waals surface area contributed by atoms with Crippen LogP contribution in [0.1, 0.15) is 51.2 Å². The Bertz CT molecular complexity index is 732. The van der Waals surface area contributed by atoms with Gasteiger partial charge in [-0.25, -0.2) is 4.98 Å². The zero-order chi connectivity index (χ0) is 17.6. The van der Waals surface area contributed by atoms with Crippen molar-refractivity contribution < 1.29 is 14.0 Å². The van der Waals surface area contributed by atoms with Crippen molar-refractivity contribution in [2.24, 2.45) is 5.92 Å². The highest BCUT2D eigenvalue weighted by atomic mass is 32.1. The van der Waals surface area contributed by atoms with Crippen molar-refractivity contribution in [2.75, 3.05) is 5.32 Å². The van der Waals surface area contributed by atoms with E-state index in [2.05, 4.69) is 15.6 Å². The van der Waals surface area contributed by atoms with Crippen LogP contribution in [-0.2, 0) is 16.1 Å². The first kappa shape index (κ1) is 17.7. The molecule has 0 spiro atoms. The first-order chi connectivity index (χ1) is 12.1. The van der Waals surface area contributed by atoms with Gasteiger partial charge in [0.2, 0.25) is 11.8 Å². The van der Waals surface area contributed by atoms with E-state index in [-0.39, 0.29) is 11.8 Å². The quantitative estimate of drug-likeness (QED) is 0.816. The van der Waals surface area contributed by atoms with Crippen LogP contribution in [0.4, 0.5) is 5.13 Å². The maximum Gasteiger partial charge on any atom is 0.226 e. The van der Waals surface area contributed by atoms with Crippen LogP contribution in [0.3, 0.4) is 0 Å². The van der Waals surface area contributed by atoms with E-state index in [9.17, 15) is 9.59 Å². The normalized spacial score (nSPS) is 15.1. The highest BCUT2D eigenvalue weighted by Gasteiger charge is 2.18. The number of thiazole rings is 1. The Morgan fingerprint density at radius 3 is 2.84 bits per heavy atom. The van der Waals surface area contributed by atoms with Crippen molar-refractivity contribution in [3.8, 4) is 11.5 Å². The monoisotopic (exact) mass is 361 g/mol.